The molecular weight excluding hydrogens is 291 g/mol. The maximum atomic E-state index is 10.9. The Hall–Kier alpha value is -1.03. The molecule has 2 nitrogen and oxygen atoms in total. The van der Waals surface area contributed by atoms with E-state index in [1.807, 2.05) is 11.4 Å². The third-order valence-corrected chi connectivity index (χ3v) is 3.61. The Morgan fingerprint density at radius 2 is 2.17 bits per heavy atom. The normalized spacial score (nSPS) is 10.3. The summed E-state index contributed by atoms with van der Waals surface area (Å²) >= 11 is 13.5. The van der Waals surface area contributed by atoms with Crippen molar-refractivity contribution in [3.8, 4) is 5.75 Å². The molecule has 1 aromatic heterocycles. The van der Waals surface area contributed by atoms with E-state index in [0.717, 1.165) is 6.42 Å². The Bertz CT molecular complexity index is 538. The molecule has 18 heavy (non-hydrogen) atoms. The largest absolute Gasteiger partial charge is 0.491 e. The van der Waals surface area contributed by atoms with Gasteiger partial charge in [0, 0.05) is 11.4 Å². The number of rotatable bonds is 5. The zero-order valence-corrected chi connectivity index (χ0v) is 11.7. The molecule has 0 atom stereocenters. The molecule has 1 heterocycles. The Morgan fingerprint density at radius 3 is 2.83 bits per heavy atom. The monoisotopic (exact) mass is 300 g/mol. The van der Waals surface area contributed by atoms with Crippen LogP contribution in [0.1, 0.15) is 15.9 Å². The van der Waals surface area contributed by atoms with Gasteiger partial charge in [0.25, 0.3) is 0 Å². The minimum absolute atomic E-state index is 0.356. The molecule has 0 fully saturated rings. The lowest BCUT2D eigenvalue weighted by molar-refractivity contribution is 0.111. The van der Waals surface area contributed by atoms with Crippen molar-refractivity contribution < 1.29 is 9.53 Å². The molecular formula is C13H10Cl2O2S. The molecule has 0 aliphatic carbocycles. The Balaban J connectivity index is 2.06. The van der Waals surface area contributed by atoms with Crippen LogP contribution in [0.4, 0.5) is 0 Å². The Labute approximate surface area is 119 Å². The second-order valence-corrected chi connectivity index (χ2v) is 5.28. The molecule has 0 aliphatic rings. The first-order valence-corrected chi connectivity index (χ1v) is 6.98. The van der Waals surface area contributed by atoms with E-state index in [2.05, 4.69) is 5.38 Å². The SMILES string of the molecule is O=Cc1cc(Cl)cc(Cl)c1OCCc1ccsc1. The van der Waals surface area contributed by atoms with Crippen molar-refractivity contribution in [2.24, 2.45) is 0 Å². The van der Waals surface area contributed by atoms with Crippen LogP contribution in [0.25, 0.3) is 0 Å². The third-order valence-electron chi connectivity index (χ3n) is 2.38. The number of thiophene rings is 1. The van der Waals surface area contributed by atoms with Crippen LogP contribution in [-0.4, -0.2) is 12.9 Å². The van der Waals surface area contributed by atoms with Crippen LogP contribution in [0.3, 0.4) is 0 Å². The molecule has 0 amide bonds. The highest BCUT2D eigenvalue weighted by molar-refractivity contribution is 7.07. The van der Waals surface area contributed by atoms with E-state index >= 15 is 0 Å². The van der Waals surface area contributed by atoms with E-state index in [9.17, 15) is 4.79 Å². The first kappa shape index (κ1) is 13.4. The molecule has 0 saturated carbocycles. The summed E-state index contributed by atoms with van der Waals surface area (Å²) in [4.78, 5) is 10.9. The molecule has 0 radical (unpaired) electrons. The summed E-state index contributed by atoms with van der Waals surface area (Å²) in [5, 5.41) is 4.86. The molecule has 2 aromatic rings. The quantitative estimate of drug-likeness (QED) is 0.761. The molecule has 5 heteroatoms. The van der Waals surface area contributed by atoms with Gasteiger partial charge in [-0.1, -0.05) is 23.2 Å². The van der Waals surface area contributed by atoms with Crippen molar-refractivity contribution >= 4 is 40.8 Å². The van der Waals surface area contributed by atoms with Gasteiger partial charge in [0.15, 0.2) is 6.29 Å². The van der Waals surface area contributed by atoms with E-state index in [-0.39, 0.29) is 0 Å². The van der Waals surface area contributed by atoms with Crippen LogP contribution >= 0.6 is 34.5 Å². The van der Waals surface area contributed by atoms with Gasteiger partial charge in [0.1, 0.15) is 5.75 Å². The fourth-order valence-electron chi connectivity index (χ4n) is 1.53. The molecule has 0 unspecified atom stereocenters. The van der Waals surface area contributed by atoms with Gasteiger partial charge in [-0.2, -0.15) is 11.3 Å². The van der Waals surface area contributed by atoms with Crippen LogP contribution in [0.2, 0.25) is 10.0 Å². The highest BCUT2D eigenvalue weighted by Crippen LogP contribution is 2.31. The molecule has 0 spiro atoms. The molecule has 94 valence electrons. The highest BCUT2D eigenvalue weighted by atomic mass is 35.5. The lowest BCUT2D eigenvalue weighted by atomic mass is 10.2. The molecule has 0 N–H and O–H groups in total. The van der Waals surface area contributed by atoms with Crippen molar-refractivity contribution in [1.29, 1.82) is 0 Å². The van der Waals surface area contributed by atoms with Gasteiger partial charge < -0.3 is 4.74 Å². The summed E-state index contributed by atoms with van der Waals surface area (Å²) in [6, 6.07) is 5.15. The van der Waals surface area contributed by atoms with Gasteiger partial charge in [-0.25, -0.2) is 0 Å². The standard InChI is InChI=1S/C13H10Cl2O2S/c14-11-5-10(7-16)13(12(15)6-11)17-3-1-9-2-4-18-8-9/h2,4-8H,1,3H2. The second-order valence-electron chi connectivity index (χ2n) is 3.65. The van der Waals surface area contributed by atoms with E-state index in [0.29, 0.717) is 34.3 Å². The van der Waals surface area contributed by atoms with E-state index < -0.39 is 0 Å². The molecule has 0 aliphatic heterocycles. The molecule has 0 bridgehead atoms. The van der Waals surface area contributed by atoms with E-state index in [4.69, 9.17) is 27.9 Å². The number of carbonyl (C=O) groups is 1. The van der Waals surface area contributed by atoms with Crippen LogP contribution < -0.4 is 4.74 Å². The predicted molar refractivity (Wildman–Crippen MR) is 75.4 cm³/mol. The minimum Gasteiger partial charge on any atom is -0.491 e. The summed E-state index contributed by atoms with van der Waals surface area (Å²) < 4.78 is 5.57. The highest BCUT2D eigenvalue weighted by Gasteiger charge is 2.10. The number of ether oxygens (including phenoxy) is 1. The van der Waals surface area contributed by atoms with Crippen molar-refractivity contribution in [1.82, 2.24) is 0 Å². The fourth-order valence-corrected chi connectivity index (χ4v) is 2.79. The van der Waals surface area contributed by atoms with Gasteiger partial charge in [-0.15, -0.1) is 0 Å². The van der Waals surface area contributed by atoms with Gasteiger partial charge in [-0.05, 0) is 34.5 Å². The first-order valence-electron chi connectivity index (χ1n) is 5.29. The zero-order valence-electron chi connectivity index (χ0n) is 9.36. The lowest BCUT2D eigenvalue weighted by Gasteiger charge is -2.10. The van der Waals surface area contributed by atoms with Crippen LogP contribution in [0.15, 0.2) is 29.0 Å². The molecule has 1 aromatic carbocycles. The average Bonchev–Trinajstić information content (AvgIpc) is 2.84. The number of benzene rings is 1. The predicted octanol–water partition coefficient (Wildman–Crippen LogP) is 4.49. The van der Waals surface area contributed by atoms with E-state index in [1.165, 1.54) is 5.56 Å². The Morgan fingerprint density at radius 1 is 1.33 bits per heavy atom. The smallest absolute Gasteiger partial charge is 0.153 e. The van der Waals surface area contributed by atoms with Gasteiger partial charge in [0.2, 0.25) is 0 Å². The van der Waals surface area contributed by atoms with Gasteiger partial charge in [-0.3, -0.25) is 4.79 Å². The summed E-state index contributed by atoms with van der Waals surface area (Å²) in [6.07, 6.45) is 1.47. The van der Waals surface area contributed by atoms with Crippen LogP contribution in [-0.2, 0) is 6.42 Å². The van der Waals surface area contributed by atoms with Crippen molar-refractivity contribution in [2.75, 3.05) is 6.61 Å². The van der Waals surface area contributed by atoms with Crippen molar-refractivity contribution in [3.05, 3.63) is 50.1 Å². The Kier molecular flexibility index (Phi) is 4.64. The maximum absolute atomic E-state index is 10.9. The van der Waals surface area contributed by atoms with Crippen LogP contribution in [0, 0.1) is 0 Å². The summed E-state index contributed by atoms with van der Waals surface area (Å²) in [6.45, 7) is 0.471. The number of carbonyl (C=O) groups excluding carboxylic acids is 1. The third kappa shape index (κ3) is 3.25. The number of hydrogen-bond acceptors (Lipinski definition) is 3. The van der Waals surface area contributed by atoms with Crippen LogP contribution in [0.5, 0.6) is 5.75 Å². The summed E-state index contributed by atoms with van der Waals surface area (Å²) in [5.74, 6) is 0.395. The second kappa shape index (κ2) is 6.23. The zero-order chi connectivity index (χ0) is 13.0. The number of halogens is 2. The number of aldehydes is 1. The minimum atomic E-state index is 0.356. The van der Waals surface area contributed by atoms with E-state index in [1.54, 1.807) is 23.5 Å². The van der Waals surface area contributed by atoms with Crippen molar-refractivity contribution in [3.63, 3.8) is 0 Å². The first-order chi connectivity index (χ1) is 8.70. The number of hydrogen-bond donors (Lipinski definition) is 0. The summed E-state index contributed by atoms with van der Waals surface area (Å²) in [7, 11) is 0. The fraction of sp³-hybridized carbons (Fsp3) is 0.154. The van der Waals surface area contributed by atoms with Gasteiger partial charge >= 0.3 is 0 Å². The summed E-state index contributed by atoms with van der Waals surface area (Å²) in [5.41, 5.74) is 1.58. The van der Waals surface area contributed by atoms with Crippen molar-refractivity contribution in [2.45, 2.75) is 6.42 Å². The topological polar surface area (TPSA) is 26.3 Å². The van der Waals surface area contributed by atoms with Gasteiger partial charge in [0.05, 0.1) is 17.2 Å². The maximum Gasteiger partial charge on any atom is 0.153 e. The molecule has 0 saturated heterocycles. The molecule has 2 rings (SSSR count). The lowest BCUT2D eigenvalue weighted by Crippen LogP contribution is -2.03. The average molecular weight is 301 g/mol.